The highest BCUT2D eigenvalue weighted by atomic mass is 16.5. The molecule has 1 aliphatic carbocycles. The van der Waals surface area contributed by atoms with Crippen LogP contribution in [-0.2, 0) is 10.2 Å². The lowest BCUT2D eigenvalue weighted by molar-refractivity contribution is 0.0764. The molecule has 3 aliphatic rings. The number of nitrogens with zero attached hydrogens (tertiary/aromatic N) is 2. The number of carbonyl (C=O) groups is 2. The van der Waals surface area contributed by atoms with E-state index >= 15 is 0 Å². The van der Waals surface area contributed by atoms with Gasteiger partial charge < -0.3 is 15.0 Å². The summed E-state index contributed by atoms with van der Waals surface area (Å²) in [5, 5.41) is 3.04. The highest BCUT2D eigenvalue weighted by Gasteiger charge is 2.56. The van der Waals surface area contributed by atoms with Crippen molar-refractivity contribution in [3.8, 4) is 0 Å². The second kappa shape index (κ2) is 8.99. The molecule has 1 aromatic carbocycles. The molecule has 1 saturated carbocycles. The quantitative estimate of drug-likeness (QED) is 0.741. The van der Waals surface area contributed by atoms with Crippen LogP contribution in [0.15, 0.2) is 42.5 Å². The normalized spacial score (nSPS) is 23.8. The third-order valence-corrected chi connectivity index (χ3v) is 7.36. The predicted molar refractivity (Wildman–Crippen MR) is 130 cm³/mol. The fourth-order valence-corrected chi connectivity index (χ4v) is 5.15. The molecular formula is C28H32N3O3. The third-order valence-electron chi connectivity index (χ3n) is 7.36. The van der Waals surface area contributed by atoms with Crippen LogP contribution in [-0.4, -0.2) is 54.5 Å². The summed E-state index contributed by atoms with van der Waals surface area (Å²) in [5.74, 6) is 1.28. The summed E-state index contributed by atoms with van der Waals surface area (Å²) in [6, 6.07) is 14.6. The summed E-state index contributed by atoms with van der Waals surface area (Å²) in [5.41, 5.74) is 4.31. The second-order valence-corrected chi connectivity index (χ2v) is 10.6. The molecule has 1 radical (unpaired) electrons. The average Bonchev–Trinajstić information content (AvgIpc) is 3.30. The molecule has 5 rings (SSSR count). The van der Waals surface area contributed by atoms with Gasteiger partial charge in [-0.1, -0.05) is 39.0 Å². The zero-order valence-corrected chi connectivity index (χ0v) is 20.1. The molecular weight excluding hydrogens is 426 g/mol. The van der Waals surface area contributed by atoms with E-state index in [9.17, 15) is 9.59 Å². The summed E-state index contributed by atoms with van der Waals surface area (Å²) in [7, 11) is 0. The first-order valence-corrected chi connectivity index (χ1v) is 12.1. The van der Waals surface area contributed by atoms with Crippen molar-refractivity contribution < 1.29 is 14.3 Å². The SMILES string of the molecule is CC(C)(C)c1ccc(C(=O)N2CC3C(CNC(=O)c4[c]ccc(C5=CCOCC5)n4)C3C2)cc1. The van der Waals surface area contributed by atoms with Crippen LogP contribution in [0.3, 0.4) is 0 Å². The fraction of sp³-hybridized carbons (Fsp3) is 0.464. The first kappa shape index (κ1) is 22.8. The summed E-state index contributed by atoms with van der Waals surface area (Å²) in [6.45, 7) is 9.93. The van der Waals surface area contributed by atoms with Crippen molar-refractivity contribution in [2.75, 3.05) is 32.8 Å². The van der Waals surface area contributed by atoms with E-state index in [0.29, 0.717) is 43.2 Å². The Bertz CT molecular complexity index is 1100. The van der Waals surface area contributed by atoms with Gasteiger partial charge in [-0.2, -0.15) is 0 Å². The number of pyridine rings is 1. The van der Waals surface area contributed by atoms with Crippen molar-refractivity contribution in [3.63, 3.8) is 0 Å². The highest BCUT2D eigenvalue weighted by Crippen LogP contribution is 2.51. The van der Waals surface area contributed by atoms with E-state index in [0.717, 1.165) is 36.3 Å². The van der Waals surface area contributed by atoms with Gasteiger partial charge in [-0.05, 0) is 65.0 Å². The van der Waals surface area contributed by atoms with Gasteiger partial charge >= 0.3 is 0 Å². The zero-order chi connectivity index (χ0) is 23.9. The first-order valence-electron chi connectivity index (χ1n) is 12.1. The minimum Gasteiger partial charge on any atom is -0.377 e. The topological polar surface area (TPSA) is 71.5 Å². The van der Waals surface area contributed by atoms with Gasteiger partial charge in [0.2, 0.25) is 0 Å². The number of amides is 2. The lowest BCUT2D eigenvalue weighted by Crippen LogP contribution is -2.34. The van der Waals surface area contributed by atoms with Gasteiger partial charge in [-0.3, -0.25) is 9.59 Å². The predicted octanol–water partition coefficient (Wildman–Crippen LogP) is 3.73. The first-order chi connectivity index (χ1) is 16.3. The highest BCUT2D eigenvalue weighted by molar-refractivity contribution is 5.94. The molecule has 2 aromatic rings. The number of hydrogen-bond acceptors (Lipinski definition) is 4. The number of carbonyl (C=O) groups excluding carboxylic acids is 2. The van der Waals surface area contributed by atoms with Gasteiger partial charge in [0.05, 0.1) is 18.9 Å². The number of rotatable bonds is 5. The third kappa shape index (κ3) is 4.64. The van der Waals surface area contributed by atoms with E-state index in [4.69, 9.17) is 4.74 Å². The molecule has 2 fully saturated rings. The summed E-state index contributed by atoms with van der Waals surface area (Å²) in [4.78, 5) is 32.1. The second-order valence-electron chi connectivity index (χ2n) is 10.6. The molecule has 2 unspecified atom stereocenters. The number of hydrogen-bond donors (Lipinski definition) is 1. The molecule has 3 heterocycles. The number of likely N-dealkylation sites (tertiary alicyclic amines) is 1. The molecule has 0 bridgehead atoms. The molecule has 2 amide bonds. The Balaban J connectivity index is 1.12. The molecule has 1 N–H and O–H groups in total. The molecule has 34 heavy (non-hydrogen) atoms. The van der Waals surface area contributed by atoms with Crippen molar-refractivity contribution in [2.45, 2.75) is 32.6 Å². The number of fused-ring (bicyclic) bond motifs is 1. The lowest BCUT2D eigenvalue weighted by Gasteiger charge is -2.22. The van der Waals surface area contributed by atoms with Crippen molar-refractivity contribution >= 4 is 17.4 Å². The van der Waals surface area contributed by atoms with Crippen LogP contribution < -0.4 is 5.32 Å². The largest absolute Gasteiger partial charge is 0.377 e. The van der Waals surface area contributed by atoms with E-state index in [-0.39, 0.29) is 17.2 Å². The summed E-state index contributed by atoms with van der Waals surface area (Å²) < 4.78 is 5.36. The Hall–Kier alpha value is -2.99. The fourth-order valence-electron chi connectivity index (χ4n) is 5.15. The summed E-state index contributed by atoms with van der Waals surface area (Å²) >= 11 is 0. The van der Waals surface area contributed by atoms with Crippen molar-refractivity contribution in [1.29, 1.82) is 0 Å². The van der Waals surface area contributed by atoms with Crippen LogP contribution in [0.2, 0.25) is 0 Å². The van der Waals surface area contributed by atoms with Gasteiger partial charge in [-0.25, -0.2) is 4.98 Å². The number of aromatic nitrogens is 1. The maximum Gasteiger partial charge on any atom is 0.270 e. The van der Waals surface area contributed by atoms with E-state index in [1.165, 1.54) is 5.56 Å². The monoisotopic (exact) mass is 458 g/mol. The van der Waals surface area contributed by atoms with Gasteiger partial charge in [-0.15, -0.1) is 0 Å². The molecule has 6 heteroatoms. The minimum atomic E-state index is -0.189. The Morgan fingerprint density at radius 2 is 1.88 bits per heavy atom. The Morgan fingerprint density at radius 1 is 1.15 bits per heavy atom. The lowest BCUT2D eigenvalue weighted by atomic mass is 9.86. The Labute approximate surface area is 201 Å². The van der Waals surface area contributed by atoms with Crippen LogP contribution in [0.1, 0.15) is 59.3 Å². The van der Waals surface area contributed by atoms with Crippen LogP contribution in [0.4, 0.5) is 0 Å². The van der Waals surface area contributed by atoms with E-state index < -0.39 is 0 Å². The molecule has 2 atom stereocenters. The molecule has 0 spiro atoms. The van der Waals surface area contributed by atoms with E-state index in [1.807, 2.05) is 29.2 Å². The molecule has 1 saturated heterocycles. The maximum absolute atomic E-state index is 12.9. The number of benzene rings is 1. The van der Waals surface area contributed by atoms with E-state index in [1.54, 1.807) is 6.07 Å². The smallest absolute Gasteiger partial charge is 0.270 e. The summed E-state index contributed by atoms with van der Waals surface area (Å²) in [6.07, 6.45) is 2.82. The molecule has 2 aliphatic heterocycles. The number of ether oxygens (including phenoxy) is 1. The Kier molecular flexibility index (Phi) is 6.02. The van der Waals surface area contributed by atoms with Crippen LogP contribution in [0.25, 0.3) is 5.57 Å². The molecule has 6 nitrogen and oxygen atoms in total. The number of piperidine rings is 1. The minimum absolute atomic E-state index is 0.0746. The van der Waals surface area contributed by atoms with E-state index in [2.05, 4.69) is 49.3 Å². The van der Waals surface area contributed by atoms with Crippen LogP contribution in [0.5, 0.6) is 0 Å². The van der Waals surface area contributed by atoms with Gasteiger partial charge in [0.15, 0.2) is 0 Å². The zero-order valence-electron chi connectivity index (χ0n) is 20.1. The maximum atomic E-state index is 12.9. The Morgan fingerprint density at radius 3 is 2.53 bits per heavy atom. The van der Waals surface area contributed by atoms with Crippen LogP contribution >= 0.6 is 0 Å². The molecule has 1 aromatic heterocycles. The van der Waals surface area contributed by atoms with Crippen molar-refractivity contribution in [2.24, 2.45) is 17.8 Å². The average molecular weight is 459 g/mol. The standard InChI is InChI=1S/C28H32N3O3/c1-28(2,3)20-9-7-19(8-10-20)27(33)31-16-22-21(23(22)17-31)15-29-26(32)25-6-4-5-24(30-25)18-11-13-34-14-12-18/h4-5,7-11,21-23H,12-17H2,1-3H3,(H,29,32). The number of nitrogens with one attached hydrogen (secondary N) is 1. The van der Waals surface area contributed by atoms with Crippen molar-refractivity contribution in [1.82, 2.24) is 15.2 Å². The molecule has 177 valence electrons. The van der Waals surface area contributed by atoms with Crippen molar-refractivity contribution in [3.05, 3.63) is 71.1 Å². The van der Waals surface area contributed by atoms with Crippen LogP contribution in [0, 0.1) is 23.8 Å². The van der Waals surface area contributed by atoms with Gasteiger partial charge in [0, 0.05) is 31.3 Å². The van der Waals surface area contributed by atoms with Gasteiger partial charge in [0.25, 0.3) is 11.8 Å². The van der Waals surface area contributed by atoms with Gasteiger partial charge in [0.1, 0.15) is 5.69 Å².